The lowest BCUT2D eigenvalue weighted by Gasteiger charge is -2.31. The third-order valence-electron chi connectivity index (χ3n) is 5.97. The molecule has 1 amide bonds. The fraction of sp³-hybridized carbons (Fsp3) is 0.240. The number of likely N-dealkylation sites (tertiary alicyclic amines) is 1. The van der Waals surface area contributed by atoms with Crippen LogP contribution in [0.3, 0.4) is 0 Å². The minimum atomic E-state index is -0.0477. The molecule has 35 heavy (non-hydrogen) atoms. The summed E-state index contributed by atoms with van der Waals surface area (Å²) in [7, 11) is 1.82. The Balaban J connectivity index is 1.39. The van der Waals surface area contributed by atoms with Crippen molar-refractivity contribution in [3.8, 4) is 11.6 Å². The van der Waals surface area contributed by atoms with Gasteiger partial charge in [-0.3, -0.25) is 14.5 Å². The Morgan fingerprint density at radius 1 is 1.26 bits per heavy atom. The number of anilines is 2. The number of carbonyl (C=O) groups is 1. The first-order chi connectivity index (χ1) is 17.0. The van der Waals surface area contributed by atoms with Crippen molar-refractivity contribution in [2.24, 2.45) is 7.05 Å². The van der Waals surface area contributed by atoms with Gasteiger partial charge in [-0.05, 0) is 43.2 Å². The Labute approximate surface area is 207 Å². The number of hydrogen-bond donors (Lipinski definition) is 1. The molecule has 1 atom stereocenters. The number of amides is 1. The summed E-state index contributed by atoms with van der Waals surface area (Å²) in [6.45, 7) is 4.97. The van der Waals surface area contributed by atoms with Gasteiger partial charge < -0.3 is 15.0 Å². The van der Waals surface area contributed by atoms with Crippen LogP contribution in [0.2, 0.25) is 5.02 Å². The molecule has 1 unspecified atom stereocenters. The number of rotatable bonds is 6. The number of nitrogens with one attached hydrogen (secondary N) is 1. The van der Waals surface area contributed by atoms with Crippen LogP contribution in [0, 0.1) is 0 Å². The van der Waals surface area contributed by atoms with Crippen molar-refractivity contribution in [3.05, 3.63) is 72.4 Å². The quantitative estimate of drug-likeness (QED) is 0.387. The Hall–Kier alpha value is -3.98. The van der Waals surface area contributed by atoms with Crippen molar-refractivity contribution >= 4 is 39.9 Å². The molecule has 1 aliphatic heterocycles. The van der Waals surface area contributed by atoms with Crippen molar-refractivity contribution in [1.82, 2.24) is 29.6 Å². The molecule has 10 heteroatoms. The van der Waals surface area contributed by atoms with Crippen LogP contribution < -0.4 is 10.1 Å². The highest BCUT2D eigenvalue weighted by molar-refractivity contribution is 6.32. The van der Waals surface area contributed by atoms with E-state index in [4.69, 9.17) is 16.3 Å². The summed E-state index contributed by atoms with van der Waals surface area (Å²) in [4.78, 5) is 27.4. The van der Waals surface area contributed by atoms with Crippen LogP contribution >= 0.6 is 11.6 Å². The maximum Gasteiger partial charge on any atom is 0.245 e. The van der Waals surface area contributed by atoms with Crippen LogP contribution in [-0.2, 0) is 11.8 Å². The van der Waals surface area contributed by atoms with Gasteiger partial charge in [-0.15, -0.1) is 5.10 Å². The first-order valence-electron chi connectivity index (χ1n) is 11.3. The molecule has 5 rings (SSSR count). The molecule has 4 heterocycles. The van der Waals surface area contributed by atoms with Gasteiger partial charge in [-0.2, -0.15) is 0 Å². The van der Waals surface area contributed by atoms with Gasteiger partial charge in [0.25, 0.3) is 0 Å². The van der Waals surface area contributed by atoms with E-state index in [1.54, 1.807) is 35.3 Å². The highest BCUT2D eigenvalue weighted by Gasteiger charge is 2.25. The van der Waals surface area contributed by atoms with E-state index in [1.807, 2.05) is 24.1 Å². The summed E-state index contributed by atoms with van der Waals surface area (Å²) in [6.07, 6.45) is 8.30. The molecule has 1 fully saturated rings. The summed E-state index contributed by atoms with van der Waals surface area (Å²) >= 11 is 6.47. The van der Waals surface area contributed by atoms with Gasteiger partial charge in [0.15, 0.2) is 0 Å². The molecule has 3 aromatic heterocycles. The van der Waals surface area contributed by atoms with E-state index in [0.29, 0.717) is 29.0 Å². The van der Waals surface area contributed by atoms with Crippen LogP contribution in [0.1, 0.15) is 24.5 Å². The van der Waals surface area contributed by atoms with Gasteiger partial charge in [0.05, 0.1) is 16.7 Å². The first-order valence-corrected chi connectivity index (χ1v) is 11.6. The van der Waals surface area contributed by atoms with E-state index < -0.39 is 0 Å². The number of halogens is 1. The van der Waals surface area contributed by atoms with Crippen molar-refractivity contribution in [3.63, 3.8) is 0 Å². The van der Waals surface area contributed by atoms with Gasteiger partial charge in [0.2, 0.25) is 11.8 Å². The van der Waals surface area contributed by atoms with E-state index in [2.05, 4.69) is 31.9 Å². The zero-order valence-electron chi connectivity index (χ0n) is 19.2. The van der Waals surface area contributed by atoms with E-state index in [9.17, 15) is 4.79 Å². The number of ether oxygens (including phenoxy) is 1. The summed E-state index contributed by atoms with van der Waals surface area (Å²) in [5.74, 6) is 1.71. The minimum absolute atomic E-state index is 0.0477. The predicted molar refractivity (Wildman–Crippen MR) is 134 cm³/mol. The minimum Gasteiger partial charge on any atom is -0.436 e. The lowest BCUT2D eigenvalue weighted by Crippen LogP contribution is -2.38. The summed E-state index contributed by atoms with van der Waals surface area (Å²) in [5, 5.41) is 8.82. The number of benzene rings is 1. The standard InChI is InChI=1S/C25H24ClN7O2/c1-3-24(34)33-9-4-5-16(14-33)20-12-18-21(13-27-20)28-15-29-25(18)30-17-6-7-22(19(26)11-17)35-23-8-10-32(2)31-23/h3,6-8,10-13,15-16H,1,4-5,9,14H2,2H3,(H,28,29,30). The average Bonchev–Trinajstić information content (AvgIpc) is 3.29. The lowest BCUT2D eigenvalue weighted by molar-refractivity contribution is -0.127. The molecule has 0 radical (unpaired) electrons. The number of aryl methyl sites for hydroxylation is 1. The molecule has 1 N–H and O–H groups in total. The highest BCUT2D eigenvalue weighted by Crippen LogP contribution is 2.34. The van der Waals surface area contributed by atoms with Gasteiger partial charge in [-0.1, -0.05) is 18.2 Å². The summed E-state index contributed by atoms with van der Waals surface area (Å²) in [5.41, 5.74) is 2.39. The molecular weight excluding hydrogens is 466 g/mol. The third kappa shape index (κ3) is 4.95. The van der Waals surface area contributed by atoms with E-state index in [1.165, 1.54) is 12.4 Å². The number of hydrogen-bond acceptors (Lipinski definition) is 7. The number of nitrogens with zero attached hydrogens (tertiary/aromatic N) is 6. The zero-order valence-corrected chi connectivity index (χ0v) is 19.9. The van der Waals surface area contributed by atoms with Crippen LogP contribution in [0.25, 0.3) is 10.9 Å². The normalized spacial score (nSPS) is 15.7. The van der Waals surface area contributed by atoms with E-state index >= 15 is 0 Å². The van der Waals surface area contributed by atoms with Crippen LogP contribution in [0.4, 0.5) is 11.5 Å². The molecule has 1 saturated heterocycles. The second kappa shape index (κ2) is 9.71. The monoisotopic (exact) mass is 489 g/mol. The molecule has 0 aliphatic carbocycles. The Bertz CT molecular complexity index is 1400. The zero-order chi connectivity index (χ0) is 24.4. The second-order valence-corrected chi connectivity index (χ2v) is 8.78. The van der Waals surface area contributed by atoms with Crippen molar-refractivity contribution < 1.29 is 9.53 Å². The Morgan fingerprint density at radius 3 is 2.91 bits per heavy atom. The molecule has 178 valence electrons. The molecular formula is C25H24ClN7O2. The number of fused-ring (bicyclic) bond motifs is 1. The van der Waals surface area contributed by atoms with Crippen LogP contribution in [-0.4, -0.2) is 48.6 Å². The van der Waals surface area contributed by atoms with E-state index in [0.717, 1.165) is 41.7 Å². The Kier molecular flexibility index (Phi) is 6.33. The number of carbonyl (C=O) groups excluding carboxylic acids is 1. The topological polar surface area (TPSA) is 98.1 Å². The maximum atomic E-state index is 12.1. The Morgan fingerprint density at radius 2 is 2.14 bits per heavy atom. The number of aromatic nitrogens is 5. The van der Waals surface area contributed by atoms with Crippen molar-refractivity contribution in [2.75, 3.05) is 18.4 Å². The highest BCUT2D eigenvalue weighted by atomic mass is 35.5. The van der Waals surface area contributed by atoms with Gasteiger partial charge in [-0.25, -0.2) is 9.97 Å². The van der Waals surface area contributed by atoms with Crippen LogP contribution in [0.5, 0.6) is 11.6 Å². The molecule has 0 saturated carbocycles. The van der Waals surface area contributed by atoms with Crippen molar-refractivity contribution in [2.45, 2.75) is 18.8 Å². The molecule has 0 bridgehead atoms. The second-order valence-electron chi connectivity index (χ2n) is 8.38. The smallest absolute Gasteiger partial charge is 0.245 e. The largest absolute Gasteiger partial charge is 0.436 e. The van der Waals surface area contributed by atoms with Gasteiger partial charge >= 0.3 is 0 Å². The molecule has 4 aromatic rings. The van der Waals surface area contributed by atoms with Gasteiger partial charge in [0.1, 0.15) is 17.9 Å². The first kappa shape index (κ1) is 22.8. The van der Waals surface area contributed by atoms with Gasteiger partial charge in [0, 0.05) is 55.1 Å². The summed E-state index contributed by atoms with van der Waals surface area (Å²) < 4.78 is 7.42. The fourth-order valence-electron chi connectivity index (χ4n) is 4.20. The molecule has 1 aromatic carbocycles. The third-order valence-corrected chi connectivity index (χ3v) is 6.26. The van der Waals surface area contributed by atoms with Crippen molar-refractivity contribution in [1.29, 1.82) is 0 Å². The number of piperidine rings is 1. The maximum absolute atomic E-state index is 12.1. The number of pyridine rings is 1. The van der Waals surface area contributed by atoms with E-state index in [-0.39, 0.29) is 11.8 Å². The van der Waals surface area contributed by atoms with Crippen LogP contribution in [0.15, 0.2) is 61.7 Å². The lowest BCUT2D eigenvalue weighted by atomic mass is 9.93. The molecule has 9 nitrogen and oxygen atoms in total. The summed E-state index contributed by atoms with van der Waals surface area (Å²) in [6, 6.07) is 9.18. The molecule has 1 aliphatic rings. The average molecular weight is 490 g/mol. The predicted octanol–water partition coefficient (Wildman–Crippen LogP) is 4.84. The SMILES string of the molecule is C=CC(=O)N1CCCC(c2cc3c(Nc4ccc(Oc5ccn(C)n5)c(Cl)c4)ncnc3cn2)C1. The molecule has 0 spiro atoms. The fourth-order valence-corrected chi connectivity index (χ4v) is 4.42.